The molecule has 3 amide bonds. The summed E-state index contributed by atoms with van der Waals surface area (Å²) in [4.78, 5) is 56.4. The van der Waals surface area contributed by atoms with Crippen LogP contribution in [0.25, 0.3) is 21.9 Å². The van der Waals surface area contributed by atoms with Crippen molar-refractivity contribution in [3.8, 4) is 0 Å². The SMILES string of the molecule is Cn1c(=O)n(C2CCC(=O)NC2=O)c2cccc(C3CCN(C[C@H]4CC[C@H](n5cc6cc(NC(=O)c7cccc(C(F)(F)F)n7)c(F)cc6n5)CC4)CC3)c21. The molecule has 55 heavy (non-hydrogen) atoms. The molecular formula is C39H40F4N8O4. The second-order valence-corrected chi connectivity index (χ2v) is 15.0. The number of imide groups is 1. The Morgan fingerprint density at radius 3 is 2.44 bits per heavy atom. The molecular weight excluding hydrogens is 720 g/mol. The molecule has 0 radical (unpaired) electrons. The highest BCUT2D eigenvalue weighted by Gasteiger charge is 2.35. The Morgan fingerprint density at radius 1 is 0.964 bits per heavy atom. The van der Waals surface area contributed by atoms with Crippen molar-refractivity contribution in [3.05, 3.63) is 88.0 Å². The molecule has 16 heteroatoms. The van der Waals surface area contributed by atoms with Crippen molar-refractivity contribution in [2.45, 2.75) is 75.5 Å². The average Bonchev–Trinajstić information content (AvgIpc) is 3.69. The summed E-state index contributed by atoms with van der Waals surface area (Å²) < 4.78 is 59.3. The summed E-state index contributed by atoms with van der Waals surface area (Å²) in [6.45, 7) is 2.85. The Labute approximate surface area is 312 Å². The Balaban J connectivity index is 0.868. The van der Waals surface area contributed by atoms with E-state index >= 15 is 4.39 Å². The summed E-state index contributed by atoms with van der Waals surface area (Å²) in [5.41, 5.74) is 0.968. The van der Waals surface area contributed by atoms with Crippen molar-refractivity contribution >= 4 is 45.3 Å². The molecule has 3 aromatic heterocycles. The number of amides is 3. The number of likely N-dealkylation sites (tertiary alicyclic amines) is 1. The summed E-state index contributed by atoms with van der Waals surface area (Å²) in [7, 11) is 1.74. The van der Waals surface area contributed by atoms with E-state index < -0.39 is 41.2 Å². The number of fused-ring (bicyclic) bond motifs is 2. The number of carbonyl (C=O) groups is 3. The van der Waals surface area contributed by atoms with E-state index in [1.165, 1.54) is 12.1 Å². The van der Waals surface area contributed by atoms with Crippen molar-refractivity contribution in [1.29, 1.82) is 0 Å². The molecule has 2 aliphatic heterocycles. The number of aromatic nitrogens is 5. The average molecular weight is 761 g/mol. The molecule has 1 aliphatic carbocycles. The first-order chi connectivity index (χ1) is 26.3. The highest BCUT2D eigenvalue weighted by atomic mass is 19.4. The number of para-hydroxylation sites is 1. The van der Waals surface area contributed by atoms with Crippen LogP contribution in [-0.4, -0.2) is 66.2 Å². The maximum Gasteiger partial charge on any atom is 0.433 e. The molecule has 2 saturated heterocycles. The summed E-state index contributed by atoms with van der Waals surface area (Å²) in [5.74, 6) is -1.68. The molecule has 288 valence electrons. The third-order valence-electron chi connectivity index (χ3n) is 11.5. The monoisotopic (exact) mass is 760 g/mol. The van der Waals surface area contributed by atoms with Crippen LogP contribution < -0.4 is 16.3 Å². The standard InChI is InChI=1S/C39H40F4N8O4/c1-48-35-26(4-2-6-31(35)51(38(48)55)32-12-13-34(52)46-37(32)54)23-14-16-49(17-15-23)20-22-8-10-25(11-9-22)50-21-24-18-30(27(40)19-29(24)47-50)45-36(53)28-5-3-7-33(44-28)39(41,42)43/h2-7,18-19,21-23,25,32H,8-17,20H2,1H3,(H,45,53)(H,46,52,54)/t22-,25-,32?. The van der Waals surface area contributed by atoms with Crippen LogP contribution >= 0.6 is 0 Å². The maximum atomic E-state index is 15.0. The maximum absolute atomic E-state index is 15.0. The van der Waals surface area contributed by atoms with E-state index in [1.54, 1.807) is 16.2 Å². The number of aryl methyl sites for hydroxylation is 1. The van der Waals surface area contributed by atoms with E-state index in [2.05, 4.69) is 31.7 Å². The highest BCUT2D eigenvalue weighted by molar-refractivity contribution is 6.04. The van der Waals surface area contributed by atoms with Gasteiger partial charge in [0.05, 0.1) is 28.3 Å². The van der Waals surface area contributed by atoms with E-state index in [0.717, 1.165) is 87.4 Å². The molecule has 5 heterocycles. The zero-order chi connectivity index (χ0) is 38.6. The predicted molar refractivity (Wildman–Crippen MR) is 195 cm³/mol. The van der Waals surface area contributed by atoms with Gasteiger partial charge in [-0.05, 0) is 99.7 Å². The molecule has 1 atom stereocenters. The normalized spacial score (nSPS) is 21.7. The number of benzene rings is 2. The number of nitrogens with one attached hydrogen (secondary N) is 2. The Hall–Kier alpha value is -5.38. The number of hydrogen-bond acceptors (Lipinski definition) is 7. The lowest BCUT2D eigenvalue weighted by Crippen LogP contribution is -2.44. The molecule has 2 N–H and O–H groups in total. The number of piperidine rings is 2. The number of pyridine rings is 1. The zero-order valence-electron chi connectivity index (χ0n) is 30.1. The van der Waals surface area contributed by atoms with Crippen LogP contribution in [0, 0.1) is 11.7 Å². The molecule has 0 bridgehead atoms. The minimum Gasteiger partial charge on any atom is -0.318 e. The largest absolute Gasteiger partial charge is 0.433 e. The lowest BCUT2D eigenvalue weighted by atomic mass is 9.84. The molecule has 2 aromatic carbocycles. The molecule has 12 nitrogen and oxygen atoms in total. The third-order valence-corrected chi connectivity index (χ3v) is 11.5. The summed E-state index contributed by atoms with van der Waals surface area (Å²) >= 11 is 0. The van der Waals surface area contributed by atoms with Crippen LogP contribution in [-0.2, 0) is 22.8 Å². The lowest BCUT2D eigenvalue weighted by molar-refractivity contribution is -0.141. The van der Waals surface area contributed by atoms with Crippen LogP contribution in [0.2, 0.25) is 0 Å². The minimum absolute atomic E-state index is 0.129. The number of imidazole rings is 1. The fraction of sp³-hybridized carbons (Fsp3) is 0.436. The number of rotatable bonds is 7. The van der Waals surface area contributed by atoms with E-state index in [9.17, 15) is 32.3 Å². The van der Waals surface area contributed by atoms with Gasteiger partial charge in [0.15, 0.2) is 0 Å². The first kappa shape index (κ1) is 36.6. The van der Waals surface area contributed by atoms with Gasteiger partial charge in [-0.2, -0.15) is 18.3 Å². The van der Waals surface area contributed by atoms with Gasteiger partial charge in [0.2, 0.25) is 11.8 Å². The number of alkyl halides is 3. The lowest BCUT2D eigenvalue weighted by Gasteiger charge is -2.37. The van der Waals surface area contributed by atoms with E-state index in [-0.39, 0.29) is 35.7 Å². The van der Waals surface area contributed by atoms with Gasteiger partial charge >= 0.3 is 11.9 Å². The minimum atomic E-state index is -4.72. The van der Waals surface area contributed by atoms with Gasteiger partial charge in [0.25, 0.3) is 5.91 Å². The Bertz CT molecular complexity index is 2370. The molecule has 3 aliphatic rings. The quantitative estimate of drug-likeness (QED) is 0.152. The van der Waals surface area contributed by atoms with Gasteiger partial charge in [0, 0.05) is 37.7 Å². The van der Waals surface area contributed by atoms with Gasteiger partial charge in [-0.25, -0.2) is 14.2 Å². The topological polar surface area (TPSA) is 136 Å². The van der Waals surface area contributed by atoms with E-state index in [4.69, 9.17) is 0 Å². The molecule has 1 unspecified atom stereocenters. The number of halogens is 4. The van der Waals surface area contributed by atoms with Gasteiger partial charge < -0.3 is 10.2 Å². The second kappa shape index (κ2) is 14.4. The van der Waals surface area contributed by atoms with Crippen molar-refractivity contribution in [1.82, 2.24) is 34.1 Å². The van der Waals surface area contributed by atoms with Crippen molar-refractivity contribution in [3.63, 3.8) is 0 Å². The first-order valence-corrected chi connectivity index (χ1v) is 18.6. The Kier molecular flexibility index (Phi) is 9.55. The zero-order valence-corrected chi connectivity index (χ0v) is 30.1. The van der Waals surface area contributed by atoms with Gasteiger partial charge in [0.1, 0.15) is 23.2 Å². The summed E-state index contributed by atoms with van der Waals surface area (Å²) in [6, 6.07) is 10.9. The molecule has 0 spiro atoms. The van der Waals surface area contributed by atoms with Gasteiger partial charge in [-0.1, -0.05) is 18.2 Å². The second-order valence-electron chi connectivity index (χ2n) is 15.0. The third kappa shape index (κ3) is 7.14. The number of carbonyl (C=O) groups excluding carboxylic acids is 3. The van der Waals surface area contributed by atoms with Crippen LogP contribution in [0.4, 0.5) is 23.2 Å². The van der Waals surface area contributed by atoms with Crippen molar-refractivity contribution in [2.24, 2.45) is 13.0 Å². The molecule has 3 fully saturated rings. The predicted octanol–water partition coefficient (Wildman–Crippen LogP) is 6.08. The van der Waals surface area contributed by atoms with Crippen LogP contribution in [0.3, 0.4) is 0 Å². The summed E-state index contributed by atoms with van der Waals surface area (Å²) in [5, 5.41) is 9.94. The fourth-order valence-electron chi connectivity index (χ4n) is 8.67. The fourth-order valence-corrected chi connectivity index (χ4v) is 8.67. The van der Waals surface area contributed by atoms with Crippen LogP contribution in [0.1, 0.15) is 91.1 Å². The molecule has 1 saturated carbocycles. The van der Waals surface area contributed by atoms with Gasteiger partial charge in [-0.15, -0.1) is 0 Å². The number of hydrogen-bond donors (Lipinski definition) is 2. The van der Waals surface area contributed by atoms with E-state index in [1.807, 2.05) is 23.0 Å². The summed E-state index contributed by atoms with van der Waals surface area (Å²) in [6.07, 6.45) is 3.31. The first-order valence-electron chi connectivity index (χ1n) is 18.6. The molecule has 8 rings (SSSR count). The van der Waals surface area contributed by atoms with E-state index in [0.29, 0.717) is 28.8 Å². The Morgan fingerprint density at radius 2 is 1.71 bits per heavy atom. The smallest absolute Gasteiger partial charge is 0.318 e. The van der Waals surface area contributed by atoms with Crippen molar-refractivity contribution in [2.75, 3.05) is 25.0 Å². The van der Waals surface area contributed by atoms with Crippen molar-refractivity contribution < 1.29 is 31.9 Å². The van der Waals surface area contributed by atoms with Gasteiger partial charge in [-0.3, -0.25) is 33.5 Å². The molecule has 5 aromatic rings. The number of anilines is 1. The van der Waals surface area contributed by atoms with Crippen LogP contribution in [0.15, 0.2) is 59.5 Å². The van der Waals surface area contributed by atoms with Crippen LogP contribution in [0.5, 0.6) is 0 Å². The number of nitrogens with zero attached hydrogens (tertiary/aromatic N) is 6. The highest BCUT2D eigenvalue weighted by Crippen LogP contribution is 2.37.